The number of benzene rings is 1. The monoisotopic (exact) mass is 410 g/mol. The average Bonchev–Trinajstić information content (AvgIpc) is 2.24. The van der Waals surface area contributed by atoms with Crippen molar-refractivity contribution in [2.24, 2.45) is 5.73 Å². The highest BCUT2D eigenvalue weighted by Gasteiger charge is 2.27. The lowest BCUT2D eigenvalue weighted by atomic mass is 10.1. The van der Waals surface area contributed by atoms with Crippen LogP contribution in [0.3, 0.4) is 0 Å². The SMILES string of the molecule is CC(C)(CN)NS(=O)(=O)c1ccc(Br)c(Cl)c1Cl.Cl. The van der Waals surface area contributed by atoms with E-state index in [9.17, 15) is 8.42 Å². The van der Waals surface area contributed by atoms with Crippen LogP contribution in [0.2, 0.25) is 10.0 Å². The second kappa shape index (κ2) is 6.93. The lowest BCUT2D eigenvalue weighted by molar-refractivity contribution is 0.462. The zero-order chi connectivity index (χ0) is 14.1. The van der Waals surface area contributed by atoms with Crippen molar-refractivity contribution in [2.75, 3.05) is 6.54 Å². The smallest absolute Gasteiger partial charge is 0.242 e. The van der Waals surface area contributed by atoms with Gasteiger partial charge in [-0.15, -0.1) is 12.4 Å². The maximum Gasteiger partial charge on any atom is 0.242 e. The maximum absolute atomic E-state index is 12.2. The molecule has 1 aromatic rings. The van der Waals surface area contributed by atoms with Gasteiger partial charge in [-0.3, -0.25) is 0 Å². The Labute approximate surface area is 137 Å². The van der Waals surface area contributed by atoms with Crippen molar-refractivity contribution in [2.45, 2.75) is 24.3 Å². The first kappa shape index (κ1) is 19.4. The summed E-state index contributed by atoms with van der Waals surface area (Å²) in [5.74, 6) is 0. The van der Waals surface area contributed by atoms with Gasteiger partial charge >= 0.3 is 0 Å². The van der Waals surface area contributed by atoms with Crippen molar-refractivity contribution in [3.63, 3.8) is 0 Å². The second-order valence-corrected chi connectivity index (χ2v) is 7.63. The third kappa shape index (κ3) is 4.74. The van der Waals surface area contributed by atoms with Crippen molar-refractivity contribution in [1.29, 1.82) is 0 Å². The predicted octanol–water partition coefficient (Wildman–Crippen LogP) is 3.19. The molecule has 0 atom stereocenters. The van der Waals surface area contributed by atoms with Crippen LogP contribution < -0.4 is 10.5 Å². The minimum absolute atomic E-state index is 0. The van der Waals surface area contributed by atoms with Gasteiger partial charge in [0.2, 0.25) is 10.0 Å². The van der Waals surface area contributed by atoms with E-state index in [1.54, 1.807) is 13.8 Å². The van der Waals surface area contributed by atoms with Gasteiger partial charge < -0.3 is 5.73 Å². The largest absolute Gasteiger partial charge is 0.329 e. The van der Waals surface area contributed by atoms with Gasteiger partial charge in [-0.2, -0.15) is 0 Å². The molecule has 0 spiro atoms. The summed E-state index contributed by atoms with van der Waals surface area (Å²) in [6.07, 6.45) is 0. The number of halogens is 4. The molecule has 0 aromatic heterocycles. The molecule has 0 amide bonds. The summed E-state index contributed by atoms with van der Waals surface area (Å²) in [4.78, 5) is -0.0705. The minimum Gasteiger partial charge on any atom is -0.329 e. The van der Waals surface area contributed by atoms with Crippen LogP contribution in [0.25, 0.3) is 0 Å². The fraction of sp³-hybridized carbons (Fsp3) is 0.400. The molecule has 1 rings (SSSR count). The molecule has 0 heterocycles. The molecule has 0 saturated heterocycles. The summed E-state index contributed by atoms with van der Waals surface area (Å²) < 4.78 is 27.3. The third-order valence-corrected chi connectivity index (χ3v) is 5.83. The van der Waals surface area contributed by atoms with E-state index in [0.29, 0.717) is 4.47 Å². The van der Waals surface area contributed by atoms with Crippen LogP contribution in [-0.2, 0) is 10.0 Å². The Morgan fingerprint density at radius 3 is 2.32 bits per heavy atom. The summed E-state index contributed by atoms with van der Waals surface area (Å²) in [7, 11) is -3.77. The van der Waals surface area contributed by atoms with Gasteiger partial charge in [0.1, 0.15) is 4.90 Å². The number of hydrogen-bond acceptors (Lipinski definition) is 3. The Morgan fingerprint density at radius 2 is 1.84 bits per heavy atom. The summed E-state index contributed by atoms with van der Waals surface area (Å²) in [5, 5.41) is 0.136. The fourth-order valence-electron chi connectivity index (χ4n) is 1.18. The van der Waals surface area contributed by atoms with Crippen molar-refractivity contribution in [1.82, 2.24) is 4.72 Å². The van der Waals surface area contributed by atoms with Gasteiger partial charge in [0, 0.05) is 16.6 Å². The van der Waals surface area contributed by atoms with Crippen molar-refractivity contribution in [3.05, 3.63) is 26.7 Å². The van der Waals surface area contributed by atoms with E-state index >= 15 is 0 Å². The first-order valence-corrected chi connectivity index (χ1v) is 8.01. The molecule has 0 aliphatic heterocycles. The highest BCUT2D eigenvalue weighted by Crippen LogP contribution is 2.35. The molecule has 1 aromatic carbocycles. The zero-order valence-electron chi connectivity index (χ0n) is 10.2. The highest BCUT2D eigenvalue weighted by atomic mass is 79.9. The Bertz CT molecular complexity index is 564. The number of nitrogens with one attached hydrogen (secondary N) is 1. The van der Waals surface area contributed by atoms with Gasteiger partial charge in [0.25, 0.3) is 0 Å². The lowest BCUT2D eigenvalue weighted by Crippen LogP contribution is -2.48. The molecule has 0 bridgehead atoms. The molecule has 110 valence electrons. The molecule has 0 saturated carbocycles. The molecule has 0 fully saturated rings. The van der Waals surface area contributed by atoms with E-state index in [1.165, 1.54) is 12.1 Å². The molecule has 3 N–H and O–H groups in total. The first-order valence-electron chi connectivity index (χ1n) is 4.98. The predicted molar refractivity (Wildman–Crippen MR) is 84.9 cm³/mol. The number of sulfonamides is 1. The topological polar surface area (TPSA) is 72.2 Å². The third-order valence-electron chi connectivity index (χ3n) is 2.21. The molecule has 0 unspecified atom stereocenters. The summed E-state index contributed by atoms with van der Waals surface area (Å²) in [6, 6.07) is 2.91. The summed E-state index contributed by atoms with van der Waals surface area (Å²) >= 11 is 15.0. The van der Waals surface area contributed by atoms with E-state index in [-0.39, 0.29) is 33.9 Å². The van der Waals surface area contributed by atoms with Gasteiger partial charge in [-0.05, 0) is 41.9 Å². The second-order valence-electron chi connectivity index (χ2n) is 4.37. The van der Waals surface area contributed by atoms with Gasteiger partial charge in [-0.25, -0.2) is 13.1 Å². The molecule has 0 aliphatic carbocycles. The van der Waals surface area contributed by atoms with Crippen LogP contribution in [0, 0.1) is 0 Å². The van der Waals surface area contributed by atoms with Crippen LogP contribution in [0.1, 0.15) is 13.8 Å². The molecular weight excluding hydrogens is 398 g/mol. The van der Waals surface area contributed by atoms with Crippen molar-refractivity contribution in [3.8, 4) is 0 Å². The van der Waals surface area contributed by atoms with Crippen LogP contribution in [0.15, 0.2) is 21.5 Å². The molecule has 4 nitrogen and oxygen atoms in total. The fourth-order valence-corrected chi connectivity index (χ4v) is 3.82. The first-order chi connectivity index (χ1) is 8.10. The average molecular weight is 413 g/mol. The van der Waals surface area contributed by atoms with Gasteiger partial charge in [0.15, 0.2) is 0 Å². The number of nitrogens with two attached hydrogens (primary N) is 1. The van der Waals surface area contributed by atoms with E-state index in [2.05, 4.69) is 20.7 Å². The summed E-state index contributed by atoms with van der Waals surface area (Å²) in [6.45, 7) is 3.52. The number of hydrogen-bond donors (Lipinski definition) is 2. The van der Waals surface area contributed by atoms with E-state index in [1.807, 2.05) is 0 Å². The Kier molecular flexibility index (Phi) is 7.09. The molecule has 9 heteroatoms. The molecule has 0 radical (unpaired) electrons. The van der Waals surface area contributed by atoms with E-state index in [4.69, 9.17) is 28.9 Å². The Morgan fingerprint density at radius 1 is 1.32 bits per heavy atom. The Hall–Kier alpha value is 0.440. The van der Waals surface area contributed by atoms with Crippen LogP contribution in [0.5, 0.6) is 0 Å². The van der Waals surface area contributed by atoms with Crippen LogP contribution in [-0.4, -0.2) is 20.5 Å². The Balaban J connectivity index is 0.00000324. The summed E-state index contributed by atoms with van der Waals surface area (Å²) in [5.41, 5.74) is 4.73. The van der Waals surface area contributed by atoms with Crippen LogP contribution >= 0.6 is 51.5 Å². The normalized spacial score (nSPS) is 12.1. The molecular formula is C10H14BrCl3N2O2S. The quantitative estimate of drug-likeness (QED) is 0.746. The van der Waals surface area contributed by atoms with E-state index < -0.39 is 15.6 Å². The highest BCUT2D eigenvalue weighted by molar-refractivity contribution is 9.10. The van der Waals surface area contributed by atoms with Gasteiger partial charge in [0.05, 0.1) is 10.0 Å². The molecule has 0 aliphatic rings. The van der Waals surface area contributed by atoms with Crippen molar-refractivity contribution < 1.29 is 8.42 Å². The number of rotatable bonds is 4. The molecule has 19 heavy (non-hydrogen) atoms. The standard InChI is InChI=1S/C10H13BrCl2N2O2S.ClH/c1-10(2,5-14)15-18(16,17)7-4-3-6(11)8(12)9(7)13;/h3-4,15H,5,14H2,1-2H3;1H. The van der Waals surface area contributed by atoms with Crippen LogP contribution in [0.4, 0.5) is 0 Å². The van der Waals surface area contributed by atoms with Gasteiger partial charge in [-0.1, -0.05) is 23.2 Å². The minimum atomic E-state index is -3.77. The zero-order valence-corrected chi connectivity index (χ0v) is 14.9. The van der Waals surface area contributed by atoms with E-state index in [0.717, 1.165) is 0 Å². The lowest BCUT2D eigenvalue weighted by Gasteiger charge is -2.24. The maximum atomic E-state index is 12.2. The van der Waals surface area contributed by atoms with Crippen molar-refractivity contribution >= 4 is 61.6 Å².